The van der Waals surface area contributed by atoms with Gasteiger partial charge in [0.25, 0.3) is 0 Å². The van der Waals surface area contributed by atoms with Gasteiger partial charge < -0.3 is 14.9 Å². The first-order valence-electron chi connectivity index (χ1n) is 10.3. The summed E-state index contributed by atoms with van der Waals surface area (Å²) in [6.07, 6.45) is 6.25. The quantitative estimate of drug-likeness (QED) is 0.383. The second-order valence-corrected chi connectivity index (χ2v) is 8.50. The van der Waals surface area contributed by atoms with Crippen LogP contribution in [0, 0.1) is 6.92 Å². The minimum Gasteiger partial charge on any atom is -0.508 e. The average Bonchev–Trinajstić information content (AvgIpc) is 2.69. The summed E-state index contributed by atoms with van der Waals surface area (Å²) >= 11 is 0. The molecule has 30 heavy (non-hydrogen) atoms. The molecule has 0 aliphatic carbocycles. The Balaban J connectivity index is 1.89. The van der Waals surface area contributed by atoms with Crippen molar-refractivity contribution in [1.29, 1.82) is 0 Å². The van der Waals surface area contributed by atoms with Gasteiger partial charge in [-0.05, 0) is 64.3 Å². The van der Waals surface area contributed by atoms with Crippen LogP contribution >= 0.6 is 0 Å². The Morgan fingerprint density at radius 2 is 1.90 bits per heavy atom. The number of ether oxygens (including phenoxy) is 1. The Labute approximate surface area is 178 Å². The van der Waals surface area contributed by atoms with Crippen LogP contribution in [0.3, 0.4) is 0 Å². The Morgan fingerprint density at radius 3 is 2.57 bits per heavy atom. The molecule has 0 saturated carbocycles. The second-order valence-electron chi connectivity index (χ2n) is 8.50. The number of phenolic OH excluding ortho intramolecular Hbond substituents is 1. The summed E-state index contributed by atoms with van der Waals surface area (Å²) in [6, 6.07) is 11.0. The summed E-state index contributed by atoms with van der Waals surface area (Å²) in [4.78, 5) is 12.9. The van der Waals surface area contributed by atoms with E-state index in [-0.39, 0.29) is 18.0 Å². The van der Waals surface area contributed by atoms with Crippen molar-refractivity contribution in [2.75, 3.05) is 0 Å². The first-order chi connectivity index (χ1) is 14.2. The predicted molar refractivity (Wildman–Crippen MR) is 120 cm³/mol. The molecule has 158 valence electrons. The van der Waals surface area contributed by atoms with E-state index in [4.69, 9.17) is 4.74 Å². The van der Waals surface area contributed by atoms with Crippen molar-refractivity contribution in [2.45, 2.75) is 58.7 Å². The van der Waals surface area contributed by atoms with E-state index in [1.54, 1.807) is 12.1 Å². The maximum atomic E-state index is 12.9. The van der Waals surface area contributed by atoms with Gasteiger partial charge in [0.15, 0.2) is 5.78 Å². The number of ketones is 1. The lowest BCUT2D eigenvalue weighted by molar-refractivity contribution is -0.0595. The van der Waals surface area contributed by atoms with E-state index < -0.39 is 11.7 Å². The summed E-state index contributed by atoms with van der Waals surface area (Å²) in [5.41, 5.74) is 3.35. The van der Waals surface area contributed by atoms with E-state index in [2.05, 4.69) is 6.08 Å². The Kier molecular flexibility index (Phi) is 6.47. The zero-order valence-electron chi connectivity index (χ0n) is 18.1. The number of aromatic hydroxyl groups is 1. The highest BCUT2D eigenvalue weighted by molar-refractivity contribution is 6.09. The molecule has 1 heterocycles. The van der Waals surface area contributed by atoms with E-state index in [0.29, 0.717) is 23.3 Å². The molecule has 1 aliphatic rings. The lowest BCUT2D eigenvalue weighted by Gasteiger charge is -2.40. The van der Waals surface area contributed by atoms with Crippen molar-refractivity contribution in [3.05, 3.63) is 76.4 Å². The van der Waals surface area contributed by atoms with E-state index in [9.17, 15) is 15.0 Å². The number of carbonyl (C=O) groups is 1. The molecular weight excluding hydrogens is 376 g/mol. The van der Waals surface area contributed by atoms with Gasteiger partial charge in [-0.2, -0.15) is 0 Å². The number of phenols is 1. The van der Waals surface area contributed by atoms with Gasteiger partial charge in [0.1, 0.15) is 17.1 Å². The molecule has 3 rings (SSSR count). The maximum absolute atomic E-state index is 12.9. The predicted octanol–water partition coefficient (Wildman–Crippen LogP) is 5.40. The molecule has 0 fully saturated rings. The fourth-order valence-electron chi connectivity index (χ4n) is 3.64. The summed E-state index contributed by atoms with van der Waals surface area (Å²) in [6.45, 7) is 7.94. The van der Waals surface area contributed by atoms with Crippen LogP contribution < -0.4 is 4.74 Å². The van der Waals surface area contributed by atoms with Crippen LogP contribution in [-0.2, 0) is 6.42 Å². The minimum absolute atomic E-state index is 0.0365. The number of hydrogen-bond donors (Lipinski definition) is 2. The first-order valence-corrected chi connectivity index (χ1v) is 10.3. The topological polar surface area (TPSA) is 66.8 Å². The van der Waals surface area contributed by atoms with Gasteiger partial charge in [-0.1, -0.05) is 47.6 Å². The fraction of sp³-hybridized carbons (Fsp3) is 0.346. The summed E-state index contributed by atoms with van der Waals surface area (Å²) < 4.78 is 6.22. The first kappa shape index (κ1) is 21.8. The van der Waals surface area contributed by atoms with Gasteiger partial charge in [0.05, 0.1) is 11.7 Å². The van der Waals surface area contributed by atoms with Crippen molar-refractivity contribution in [3.8, 4) is 11.5 Å². The molecule has 0 amide bonds. The van der Waals surface area contributed by atoms with E-state index in [1.165, 1.54) is 17.7 Å². The number of carbonyl (C=O) groups excluding carboxylic acids is 1. The molecule has 0 bridgehead atoms. The zero-order valence-corrected chi connectivity index (χ0v) is 18.1. The van der Waals surface area contributed by atoms with Crippen LogP contribution in [0.25, 0.3) is 6.08 Å². The average molecular weight is 407 g/mol. The van der Waals surface area contributed by atoms with Crippen LogP contribution in [0.5, 0.6) is 11.5 Å². The highest BCUT2D eigenvalue weighted by atomic mass is 16.5. The van der Waals surface area contributed by atoms with Crippen LogP contribution in [-0.4, -0.2) is 27.7 Å². The molecule has 0 spiro atoms. The molecule has 2 atom stereocenters. The third kappa shape index (κ3) is 4.82. The number of aliphatic hydroxyl groups excluding tert-OH is 1. The third-order valence-corrected chi connectivity index (χ3v) is 5.64. The molecular formula is C26H30O4. The molecule has 4 heteroatoms. The molecule has 2 aromatic carbocycles. The molecule has 1 aliphatic heterocycles. The number of allylic oxidation sites excluding steroid dienone is 3. The fourth-order valence-corrected chi connectivity index (χ4v) is 3.64. The summed E-state index contributed by atoms with van der Waals surface area (Å²) in [5, 5.41) is 21.0. The minimum atomic E-state index is -0.831. The highest BCUT2D eigenvalue weighted by Gasteiger charge is 2.41. The zero-order chi connectivity index (χ0) is 21.9. The van der Waals surface area contributed by atoms with Crippen LogP contribution in [0.15, 0.2) is 54.1 Å². The van der Waals surface area contributed by atoms with Crippen molar-refractivity contribution in [1.82, 2.24) is 0 Å². The van der Waals surface area contributed by atoms with Crippen molar-refractivity contribution in [2.24, 2.45) is 0 Å². The van der Waals surface area contributed by atoms with Crippen LogP contribution in [0.2, 0.25) is 0 Å². The number of fused-ring (bicyclic) bond motifs is 1. The van der Waals surface area contributed by atoms with E-state index in [1.807, 2.05) is 52.0 Å². The van der Waals surface area contributed by atoms with Crippen molar-refractivity contribution < 1.29 is 19.7 Å². The number of rotatable bonds is 6. The van der Waals surface area contributed by atoms with E-state index >= 15 is 0 Å². The Morgan fingerprint density at radius 1 is 1.20 bits per heavy atom. The molecule has 0 saturated heterocycles. The number of hydrogen-bond acceptors (Lipinski definition) is 4. The van der Waals surface area contributed by atoms with Crippen molar-refractivity contribution in [3.63, 3.8) is 0 Å². The third-order valence-electron chi connectivity index (χ3n) is 5.64. The Hall–Kier alpha value is -2.85. The molecule has 0 radical (unpaired) electrons. The van der Waals surface area contributed by atoms with Gasteiger partial charge in [-0.25, -0.2) is 0 Å². The standard InChI is InChI=1S/C26H30O4/c1-17(2)6-5-15-26(4)24(29)16-21-23(28)14-12-20(25(21)30-26)22(27)13-11-19-9-7-18(3)8-10-19/h6-14,24,28-29H,5,15-16H2,1-4H3/b13-11+. The SMILES string of the molecule is CC(C)=CCCC1(C)Oc2c(C(=O)/C=C/c3ccc(C)cc3)ccc(O)c2CC1O. The lowest BCUT2D eigenvalue weighted by atomic mass is 9.84. The van der Waals surface area contributed by atoms with E-state index in [0.717, 1.165) is 17.5 Å². The van der Waals surface area contributed by atoms with Gasteiger partial charge in [-0.15, -0.1) is 0 Å². The van der Waals surface area contributed by atoms with Gasteiger partial charge >= 0.3 is 0 Å². The number of aliphatic hydroxyl groups is 1. The van der Waals surface area contributed by atoms with Crippen LogP contribution in [0.4, 0.5) is 0 Å². The normalized spacial score (nSPS) is 20.5. The summed E-state index contributed by atoms with van der Waals surface area (Å²) in [7, 11) is 0. The Bertz CT molecular complexity index is 981. The molecule has 0 aromatic heterocycles. The molecule has 2 aromatic rings. The molecule has 2 unspecified atom stereocenters. The summed E-state index contributed by atoms with van der Waals surface area (Å²) in [5.74, 6) is 0.211. The second kappa shape index (κ2) is 8.88. The molecule has 2 N–H and O–H groups in total. The van der Waals surface area contributed by atoms with Gasteiger partial charge in [-0.3, -0.25) is 4.79 Å². The van der Waals surface area contributed by atoms with Crippen LogP contribution in [0.1, 0.15) is 60.7 Å². The largest absolute Gasteiger partial charge is 0.508 e. The number of benzene rings is 2. The van der Waals surface area contributed by atoms with Gasteiger partial charge in [0.2, 0.25) is 0 Å². The van der Waals surface area contributed by atoms with Crippen molar-refractivity contribution >= 4 is 11.9 Å². The lowest BCUT2D eigenvalue weighted by Crippen LogP contribution is -2.49. The van der Waals surface area contributed by atoms with Gasteiger partial charge in [0, 0.05) is 12.0 Å². The molecule has 4 nitrogen and oxygen atoms in total. The monoisotopic (exact) mass is 406 g/mol. The highest BCUT2D eigenvalue weighted by Crippen LogP contribution is 2.42. The smallest absolute Gasteiger partial charge is 0.189 e. The number of aryl methyl sites for hydroxylation is 1. The maximum Gasteiger partial charge on any atom is 0.189 e.